The maximum atomic E-state index is 5.13. The molecule has 48 valence electrons. The molecule has 1 unspecified atom stereocenters. The van der Waals surface area contributed by atoms with Crippen molar-refractivity contribution in [3.05, 3.63) is 0 Å². The van der Waals surface area contributed by atoms with Crippen molar-refractivity contribution >= 4 is 9.39 Å². The molecule has 0 aromatic heterocycles. The van der Waals surface area contributed by atoms with E-state index in [2.05, 4.69) is 14.1 Å². The standard InChI is InChI=1S/C5H12NOP/c1-7-5-3-2-4-6(5)8/h5H,2-4,8H2,1H3/t5-/m1/s1. The van der Waals surface area contributed by atoms with Gasteiger partial charge >= 0.3 is 0 Å². The second-order valence-corrected chi connectivity index (χ2v) is 2.73. The molecular weight excluding hydrogens is 121 g/mol. The second kappa shape index (κ2) is 2.77. The van der Waals surface area contributed by atoms with E-state index in [4.69, 9.17) is 4.74 Å². The third kappa shape index (κ3) is 1.19. The molecule has 1 rings (SSSR count). The molecule has 2 nitrogen and oxygen atoms in total. The summed E-state index contributed by atoms with van der Waals surface area (Å²) < 4.78 is 7.28. The molecule has 0 bridgehead atoms. The highest BCUT2D eigenvalue weighted by Crippen LogP contribution is 2.20. The van der Waals surface area contributed by atoms with Crippen LogP contribution in [0.3, 0.4) is 0 Å². The Morgan fingerprint density at radius 3 is 2.75 bits per heavy atom. The highest BCUT2D eigenvalue weighted by atomic mass is 31.0. The van der Waals surface area contributed by atoms with Gasteiger partial charge in [-0.1, -0.05) is 9.39 Å². The van der Waals surface area contributed by atoms with E-state index in [1.807, 2.05) is 0 Å². The highest BCUT2D eigenvalue weighted by molar-refractivity contribution is 7.13. The van der Waals surface area contributed by atoms with Crippen LogP contribution in [0.15, 0.2) is 0 Å². The van der Waals surface area contributed by atoms with Crippen LogP contribution in [-0.4, -0.2) is 24.6 Å². The molecule has 1 aliphatic heterocycles. The lowest BCUT2D eigenvalue weighted by Gasteiger charge is -2.15. The third-order valence-electron chi connectivity index (χ3n) is 1.51. The number of hydrogen-bond donors (Lipinski definition) is 0. The van der Waals surface area contributed by atoms with Crippen molar-refractivity contribution < 1.29 is 4.74 Å². The fraction of sp³-hybridized carbons (Fsp3) is 1.00. The van der Waals surface area contributed by atoms with E-state index in [9.17, 15) is 0 Å². The topological polar surface area (TPSA) is 12.5 Å². The molecular formula is C5H12NOP. The molecule has 0 N–H and O–H groups in total. The van der Waals surface area contributed by atoms with Gasteiger partial charge in [0.15, 0.2) is 0 Å². The van der Waals surface area contributed by atoms with Gasteiger partial charge in [-0.05, 0) is 12.8 Å². The molecule has 2 atom stereocenters. The molecule has 1 heterocycles. The van der Waals surface area contributed by atoms with E-state index in [1.165, 1.54) is 12.8 Å². The Morgan fingerprint density at radius 1 is 1.75 bits per heavy atom. The summed E-state index contributed by atoms with van der Waals surface area (Å²) in [5.41, 5.74) is 0. The zero-order chi connectivity index (χ0) is 5.98. The monoisotopic (exact) mass is 133 g/mol. The fourth-order valence-corrected chi connectivity index (χ4v) is 1.46. The maximum Gasteiger partial charge on any atom is 0.113 e. The summed E-state index contributed by atoms with van der Waals surface area (Å²) in [5, 5.41) is 0. The van der Waals surface area contributed by atoms with Crippen molar-refractivity contribution in [1.82, 2.24) is 4.67 Å². The van der Waals surface area contributed by atoms with Crippen molar-refractivity contribution in [2.75, 3.05) is 13.7 Å². The van der Waals surface area contributed by atoms with Gasteiger partial charge in [-0.25, -0.2) is 0 Å². The molecule has 1 aliphatic rings. The van der Waals surface area contributed by atoms with Crippen LogP contribution in [-0.2, 0) is 4.74 Å². The van der Waals surface area contributed by atoms with Crippen LogP contribution in [0.25, 0.3) is 0 Å². The molecule has 0 spiro atoms. The summed E-state index contributed by atoms with van der Waals surface area (Å²) in [6, 6.07) is 0. The van der Waals surface area contributed by atoms with Crippen LogP contribution in [0.4, 0.5) is 0 Å². The lowest BCUT2D eigenvalue weighted by atomic mass is 10.4. The lowest BCUT2D eigenvalue weighted by Crippen LogP contribution is -2.20. The molecule has 0 radical (unpaired) electrons. The Labute approximate surface area is 52.5 Å². The average Bonchev–Trinajstić information content (AvgIpc) is 2.14. The molecule has 0 aromatic carbocycles. The highest BCUT2D eigenvalue weighted by Gasteiger charge is 2.19. The molecule has 1 saturated heterocycles. The Bertz CT molecular complexity index is 78.8. The number of rotatable bonds is 1. The normalized spacial score (nSPS) is 31.5. The summed E-state index contributed by atoms with van der Waals surface area (Å²) in [5.74, 6) is 0. The molecule has 0 aliphatic carbocycles. The van der Waals surface area contributed by atoms with Crippen LogP contribution in [0.2, 0.25) is 0 Å². The summed E-state index contributed by atoms with van der Waals surface area (Å²) in [4.78, 5) is 0. The number of ether oxygens (including phenoxy) is 1. The van der Waals surface area contributed by atoms with Gasteiger partial charge in [-0.15, -0.1) is 0 Å². The first kappa shape index (κ1) is 6.47. The van der Waals surface area contributed by atoms with E-state index < -0.39 is 0 Å². The van der Waals surface area contributed by atoms with Crippen molar-refractivity contribution in [2.45, 2.75) is 19.1 Å². The maximum absolute atomic E-state index is 5.13. The van der Waals surface area contributed by atoms with Gasteiger partial charge in [0.05, 0.1) is 0 Å². The molecule has 1 fully saturated rings. The molecule has 3 heteroatoms. The van der Waals surface area contributed by atoms with Crippen LogP contribution < -0.4 is 0 Å². The van der Waals surface area contributed by atoms with Crippen LogP contribution in [0, 0.1) is 0 Å². The smallest absolute Gasteiger partial charge is 0.113 e. The van der Waals surface area contributed by atoms with Gasteiger partial charge in [-0.2, -0.15) is 0 Å². The minimum Gasteiger partial charge on any atom is -0.366 e. The first-order valence-electron chi connectivity index (χ1n) is 2.88. The third-order valence-corrected chi connectivity index (χ3v) is 2.10. The van der Waals surface area contributed by atoms with Crippen molar-refractivity contribution in [2.24, 2.45) is 0 Å². The second-order valence-electron chi connectivity index (χ2n) is 2.07. The van der Waals surface area contributed by atoms with Gasteiger partial charge in [0.2, 0.25) is 0 Å². The predicted molar refractivity (Wildman–Crippen MR) is 36.4 cm³/mol. The van der Waals surface area contributed by atoms with E-state index >= 15 is 0 Å². The predicted octanol–water partition coefficient (Wildman–Crippen LogP) is 0.845. The first-order chi connectivity index (χ1) is 3.84. The van der Waals surface area contributed by atoms with E-state index in [0.717, 1.165) is 6.54 Å². The van der Waals surface area contributed by atoms with Crippen molar-refractivity contribution in [1.29, 1.82) is 0 Å². The van der Waals surface area contributed by atoms with Crippen LogP contribution in [0.5, 0.6) is 0 Å². The van der Waals surface area contributed by atoms with E-state index in [0.29, 0.717) is 6.23 Å². The van der Waals surface area contributed by atoms with E-state index in [-0.39, 0.29) is 0 Å². The van der Waals surface area contributed by atoms with Crippen molar-refractivity contribution in [3.63, 3.8) is 0 Å². The van der Waals surface area contributed by atoms with Gasteiger partial charge in [0.1, 0.15) is 6.23 Å². The molecule has 0 saturated carbocycles. The largest absolute Gasteiger partial charge is 0.366 e. The lowest BCUT2D eigenvalue weighted by molar-refractivity contribution is 0.0453. The fourth-order valence-electron chi connectivity index (χ4n) is 1.01. The first-order valence-corrected chi connectivity index (χ1v) is 3.40. The summed E-state index contributed by atoms with van der Waals surface area (Å²) in [7, 11) is 4.42. The summed E-state index contributed by atoms with van der Waals surface area (Å²) >= 11 is 0. The van der Waals surface area contributed by atoms with Crippen molar-refractivity contribution in [3.8, 4) is 0 Å². The Hall–Kier alpha value is 0.350. The average molecular weight is 133 g/mol. The Balaban J connectivity index is 2.30. The van der Waals surface area contributed by atoms with E-state index in [1.54, 1.807) is 7.11 Å². The minimum atomic E-state index is 0.361. The molecule has 8 heavy (non-hydrogen) atoms. The van der Waals surface area contributed by atoms with Gasteiger partial charge in [0, 0.05) is 13.7 Å². The Kier molecular flexibility index (Phi) is 2.24. The minimum absolute atomic E-state index is 0.361. The SMILES string of the molecule is CO[C@@H]1CCCN1P. The summed E-state index contributed by atoms with van der Waals surface area (Å²) in [6.45, 7) is 1.16. The number of hydrogen-bond acceptors (Lipinski definition) is 2. The van der Waals surface area contributed by atoms with Gasteiger partial charge < -0.3 is 4.74 Å². The van der Waals surface area contributed by atoms with Crippen LogP contribution in [0.1, 0.15) is 12.8 Å². The zero-order valence-electron chi connectivity index (χ0n) is 5.13. The number of methoxy groups -OCH3 is 1. The van der Waals surface area contributed by atoms with Gasteiger partial charge in [-0.3, -0.25) is 4.67 Å². The van der Waals surface area contributed by atoms with Gasteiger partial charge in [0.25, 0.3) is 0 Å². The van der Waals surface area contributed by atoms with Crippen LogP contribution >= 0.6 is 9.39 Å². The quantitative estimate of drug-likeness (QED) is 0.491. The Morgan fingerprint density at radius 2 is 2.50 bits per heavy atom. The number of nitrogens with zero attached hydrogens (tertiary/aromatic N) is 1. The summed E-state index contributed by atoms with van der Waals surface area (Å²) in [6.07, 6.45) is 2.81. The molecule has 0 amide bonds. The molecule has 0 aromatic rings. The zero-order valence-corrected chi connectivity index (χ0v) is 6.29.